The number of hydrogen-bond donors (Lipinski definition) is 0. The van der Waals surface area contributed by atoms with Crippen LogP contribution in [0.1, 0.15) is 24.1 Å². The van der Waals surface area contributed by atoms with Gasteiger partial charge in [0.1, 0.15) is 12.1 Å². The van der Waals surface area contributed by atoms with Crippen molar-refractivity contribution in [3.63, 3.8) is 0 Å². The molecule has 0 atom stereocenters. The van der Waals surface area contributed by atoms with E-state index in [-0.39, 0.29) is 12.6 Å². The fourth-order valence-electron chi connectivity index (χ4n) is 2.14. The topological polar surface area (TPSA) is 29.0 Å². The molecule has 1 aromatic heterocycles. The zero-order chi connectivity index (χ0) is 11.5. The number of anilines is 1. The minimum Gasteiger partial charge on any atom is -0.356 e. The molecule has 0 spiro atoms. The van der Waals surface area contributed by atoms with Crippen LogP contribution in [-0.4, -0.2) is 29.7 Å². The molecule has 1 fully saturated rings. The molecule has 16 heavy (non-hydrogen) atoms. The minimum absolute atomic E-state index is 0.185. The van der Waals surface area contributed by atoms with E-state index in [0.717, 1.165) is 43.0 Å². The third-order valence-electron chi connectivity index (χ3n) is 3.44. The molecule has 0 bridgehead atoms. The van der Waals surface area contributed by atoms with Crippen LogP contribution in [0.3, 0.4) is 0 Å². The number of aryl methyl sites for hydroxylation is 1. The molecule has 0 amide bonds. The molecular formula is C12H18FN3. The zero-order valence-corrected chi connectivity index (χ0v) is 9.91. The summed E-state index contributed by atoms with van der Waals surface area (Å²) < 4.78 is 12.5. The van der Waals surface area contributed by atoms with Gasteiger partial charge in [-0.3, -0.25) is 4.39 Å². The summed E-state index contributed by atoms with van der Waals surface area (Å²) in [6.07, 6.45) is 3.47. The van der Waals surface area contributed by atoms with Crippen LogP contribution in [0.2, 0.25) is 0 Å². The average molecular weight is 223 g/mol. The first kappa shape index (κ1) is 11.3. The quantitative estimate of drug-likeness (QED) is 0.770. The molecule has 1 aliphatic heterocycles. The first-order chi connectivity index (χ1) is 7.72. The Balaban J connectivity index is 2.11. The normalized spacial score (nSPS) is 17.8. The van der Waals surface area contributed by atoms with E-state index in [2.05, 4.69) is 14.9 Å². The van der Waals surface area contributed by atoms with E-state index in [1.165, 1.54) is 0 Å². The molecule has 0 N–H and O–H groups in total. The number of piperidine rings is 1. The second-order valence-corrected chi connectivity index (χ2v) is 4.49. The Morgan fingerprint density at radius 1 is 1.31 bits per heavy atom. The van der Waals surface area contributed by atoms with Crippen molar-refractivity contribution in [3.05, 3.63) is 17.6 Å². The van der Waals surface area contributed by atoms with Gasteiger partial charge in [-0.2, -0.15) is 0 Å². The van der Waals surface area contributed by atoms with Crippen molar-refractivity contribution in [2.24, 2.45) is 5.92 Å². The molecule has 3 nitrogen and oxygen atoms in total. The largest absolute Gasteiger partial charge is 0.356 e. The Labute approximate surface area is 95.7 Å². The first-order valence-corrected chi connectivity index (χ1v) is 5.81. The molecule has 88 valence electrons. The van der Waals surface area contributed by atoms with Crippen LogP contribution in [-0.2, 0) is 0 Å². The number of aromatic nitrogens is 2. The van der Waals surface area contributed by atoms with E-state index in [9.17, 15) is 4.39 Å². The lowest BCUT2D eigenvalue weighted by molar-refractivity contribution is 0.307. The Morgan fingerprint density at radius 3 is 2.62 bits per heavy atom. The zero-order valence-electron chi connectivity index (χ0n) is 9.91. The number of rotatable bonds is 2. The molecule has 0 saturated carbocycles. The van der Waals surface area contributed by atoms with Crippen LogP contribution >= 0.6 is 0 Å². The van der Waals surface area contributed by atoms with Crippen LogP contribution in [0.4, 0.5) is 10.2 Å². The van der Waals surface area contributed by atoms with Crippen LogP contribution < -0.4 is 4.90 Å². The predicted octanol–water partition coefficient (Wildman–Crippen LogP) is 2.28. The molecule has 1 saturated heterocycles. The SMILES string of the molecule is Cc1ncnc(N2CCC(CF)CC2)c1C. The van der Waals surface area contributed by atoms with Crippen LogP contribution in [0, 0.1) is 19.8 Å². The fourth-order valence-corrected chi connectivity index (χ4v) is 2.14. The van der Waals surface area contributed by atoms with Crippen LogP contribution in [0.15, 0.2) is 6.33 Å². The molecule has 0 radical (unpaired) electrons. The van der Waals surface area contributed by atoms with E-state index in [1.807, 2.05) is 13.8 Å². The summed E-state index contributed by atoms with van der Waals surface area (Å²) in [5.74, 6) is 1.27. The summed E-state index contributed by atoms with van der Waals surface area (Å²) in [5.41, 5.74) is 2.17. The lowest BCUT2D eigenvalue weighted by atomic mass is 9.98. The third kappa shape index (κ3) is 2.15. The summed E-state index contributed by atoms with van der Waals surface area (Å²) in [5, 5.41) is 0. The van der Waals surface area contributed by atoms with Gasteiger partial charge in [-0.25, -0.2) is 9.97 Å². The van der Waals surface area contributed by atoms with Gasteiger partial charge < -0.3 is 4.90 Å². The van der Waals surface area contributed by atoms with Crippen LogP contribution in [0.25, 0.3) is 0 Å². The van der Waals surface area contributed by atoms with E-state index >= 15 is 0 Å². The van der Waals surface area contributed by atoms with Crippen molar-refractivity contribution in [3.8, 4) is 0 Å². The fraction of sp³-hybridized carbons (Fsp3) is 0.667. The van der Waals surface area contributed by atoms with Gasteiger partial charge in [0.05, 0.1) is 6.67 Å². The van der Waals surface area contributed by atoms with Crippen molar-refractivity contribution in [1.29, 1.82) is 0 Å². The highest BCUT2D eigenvalue weighted by Gasteiger charge is 2.21. The Bertz CT molecular complexity index is 359. The Morgan fingerprint density at radius 2 is 2.00 bits per heavy atom. The highest BCUT2D eigenvalue weighted by atomic mass is 19.1. The van der Waals surface area contributed by atoms with Gasteiger partial charge >= 0.3 is 0 Å². The highest BCUT2D eigenvalue weighted by molar-refractivity contribution is 5.47. The van der Waals surface area contributed by atoms with E-state index < -0.39 is 0 Å². The van der Waals surface area contributed by atoms with Crippen molar-refractivity contribution >= 4 is 5.82 Å². The molecule has 0 aliphatic carbocycles. The maximum Gasteiger partial charge on any atom is 0.135 e. The van der Waals surface area contributed by atoms with E-state index in [4.69, 9.17) is 0 Å². The lowest BCUT2D eigenvalue weighted by Crippen LogP contribution is -2.35. The molecule has 4 heteroatoms. The summed E-state index contributed by atoms with van der Waals surface area (Å²) >= 11 is 0. The first-order valence-electron chi connectivity index (χ1n) is 5.81. The number of nitrogens with zero attached hydrogens (tertiary/aromatic N) is 3. The molecule has 1 aliphatic rings. The van der Waals surface area contributed by atoms with Crippen molar-refractivity contribution < 1.29 is 4.39 Å². The molecule has 0 unspecified atom stereocenters. The third-order valence-corrected chi connectivity index (χ3v) is 3.44. The molecule has 0 aromatic carbocycles. The van der Waals surface area contributed by atoms with Gasteiger partial charge in [0.25, 0.3) is 0 Å². The van der Waals surface area contributed by atoms with Crippen molar-refractivity contribution in [2.75, 3.05) is 24.7 Å². The van der Waals surface area contributed by atoms with Crippen LogP contribution in [0.5, 0.6) is 0 Å². The maximum atomic E-state index is 12.5. The number of halogens is 1. The van der Waals surface area contributed by atoms with E-state index in [0.29, 0.717) is 0 Å². The summed E-state index contributed by atoms with van der Waals surface area (Å²) in [6.45, 7) is 5.67. The van der Waals surface area contributed by atoms with Gasteiger partial charge in [0, 0.05) is 24.3 Å². The second kappa shape index (κ2) is 4.76. The van der Waals surface area contributed by atoms with Crippen molar-refractivity contribution in [2.45, 2.75) is 26.7 Å². The maximum absolute atomic E-state index is 12.5. The smallest absolute Gasteiger partial charge is 0.135 e. The molecule has 2 heterocycles. The lowest BCUT2D eigenvalue weighted by Gasteiger charge is -2.32. The predicted molar refractivity (Wildman–Crippen MR) is 62.4 cm³/mol. The van der Waals surface area contributed by atoms with Gasteiger partial charge in [0.2, 0.25) is 0 Å². The monoisotopic (exact) mass is 223 g/mol. The summed E-state index contributed by atoms with van der Waals surface area (Å²) in [6, 6.07) is 0. The van der Waals surface area contributed by atoms with E-state index in [1.54, 1.807) is 6.33 Å². The van der Waals surface area contributed by atoms with Gasteiger partial charge in [-0.05, 0) is 32.6 Å². The van der Waals surface area contributed by atoms with Gasteiger partial charge in [-0.1, -0.05) is 0 Å². The second-order valence-electron chi connectivity index (χ2n) is 4.49. The molecular weight excluding hydrogens is 205 g/mol. The standard InChI is InChI=1S/C12H18FN3/c1-9-10(2)14-8-15-12(9)16-5-3-11(7-13)4-6-16/h8,11H,3-7H2,1-2H3. The molecule has 1 aromatic rings. The average Bonchev–Trinajstić information content (AvgIpc) is 2.33. The summed E-state index contributed by atoms with van der Waals surface area (Å²) in [4.78, 5) is 10.7. The van der Waals surface area contributed by atoms with Gasteiger partial charge in [-0.15, -0.1) is 0 Å². The minimum atomic E-state index is -0.185. The highest BCUT2D eigenvalue weighted by Crippen LogP contribution is 2.24. The summed E-state index contributed by atoms with van der Waals surface area (Å²) in [7, 11) is 0. The Hall–Kier alpha value is -1.19. The number of hydrogen-bond acceptors (Lipinski definition) is 3. The number of alkyl halides is 1. The Kier molecular flexibility index (Phi) is 3.36. The molecule has 2 rings (SSSR count). The van der Waals surface area contributed by atoms with Crippen molar-refractivity contribution in [1.82, 2.24) is 9.97 Å². The van der Waals surface area contributed by atoms with Gasteiger partial charge in [0.15, 0.2) is 0 Å².